The van der Waals surface area contributed by atoms with Crippen LogP contribution in [0.2, 0.25) is 0 Å². The van der Waals surface area contributed by atoms with Crippen LogP contribution >= 0.6 is 0 Å². The lowest BCUT2D eigenvalue weighted by Gasteiger charge is -2.20. The molecule has 2 aromatic rings. The second-order valence-electron chi connectivity index (χ2n) is 5.86. The van der Waals surface area contributed by atoms with Crippen LogP contribution in [0.4, 0.5) is 0 Å². The molecule has 4 nitrogen and oxygen atoms in total. The van der Waals surface area contributed by atoms with Gasteiger partial charge in [-0.15, -0.1) is 0 Å². The van der Waals surface area contributed by atoms with Crippen LogP contribution in [0.3, 0.4) is 0 Å². The fourth-order valence-corrected chi connectivity index (χ4v) is 2.87. The number of carbonyl (C=O) groups is 2. The molecule has 0 bridgehead atoms. The molecule has 4 heteroatoms. The standard InChI is InChI=1S/C18H20N2O2/c1-19(10-11-20-17(21)8-9-18(20)22)13-14-6-7-15-4-2-3-5-16(15)12-14/h2-7,12H,8-11,13H2,1H3. The van der Waals surface area contributed by atoms with E-state index in [0.717, 1.165) is 6.54 Å². The molecule has 1 aliphatic rings. The van der Waals surface area contributed by atoms with Crippen molar-refractivity contribution in [1.29, 1.82) is 0 Å². The third-order valence-electron chi connectivity index (χ3n) is 4.13. The maximum Gasteiger partial charge on any atom is 0.229 e. The molecule has 0 saturated carbocycles. The molecule has 0 radical (unpaired) electrons. The van der Waals surface area contributed by atoms with E-state index in [2.05, 4.69) is 35.2 Å². The Morgan fingerprint density at radius 2 is 1.68 bits per heavy atom. The summed E-state index contributed by atoms with van der Waals surface area (Å²) in [5, 5.41) is 2.47. The van der Waals surface area contributed by atoms with Gasteiger partial charge in [0, 0.05) is 32.5 Å². The number of hydrogen-bond donors (Lipinski definition) is 0. The van der Waals surface area contributed by atoms with Crippen LogP contribution in [0.5, 0.6) is 0 Å². The maximum atomic E-state index is 11.6. The summed E-state index contributed by atoms with van der Waals surface area (Å²) in [7, 11) is 2.01. The molecule has 1 fully saturated rings. The van der Waals surface area contributed by atoms with Crippen molar-refractivity contribution < 1.29 is 9.59 Å². The number of likely N-dealkylation sites (tertiary alicyclic amines) is 1. The third-order valence-corrected chi connectivity index (χ3v) is 4.13. The Hall–Kier alpha value is -2.20. The number of likely N-dealkylation sites (N-methyl/N-ethyl adjacent to an activating group) is 1. The van der Waals surface area contributed by atoms with Crippen molar-refractivity contribution >= 4 is 22.6 Å². The van der Waals surface area contributed by atoms with Gasteiger partial charge in [0.1, 0.15) is 0 Å². The first-order valence-corrected chi connectivity index (χ1v) is 7.63. The smallest absolute Gasteiger partial charge is 0.229 e. The Kier molecular flexibility index (Phi) is 4.20. The predicted molar refractivity (Wildman–Crippen MR) is 86.2 cm³/mol. The minimum absolute atomic E-state index is 0.0379. The largest absolute Gasteiger partial charge is 0.300 e. The van der Waals surface area contributed by atoms with Crippen molar-refractivity contribution in [2.75, 3.05) is 20.1 Å². The van der Waals surface area contributed by atoms with Crippen LogP contribution in [0.15, 0.2) is 42.5 Å². The summed E-state index contributed by atoms with van der Waals surface area (Å²) in [5.41, 5.74) is 1.24. The fraction of sp³-hybridized carbons (Fsp3) is 0.333. The lowest BCUT2D eigenvalue weighted by atomic mass is 10.1. The molecule has 0 aromatic heterocycles. The van der Waals surface area contributed by atoms with Crippen molar-refractivity contribution in [3.63, 3.8) is 0 Å². The Morgan fingerprint density at radius 3 is 2.41 bits per heavy atom. The van der Waals surface area contributed by atoms with Gasteiger partial charge >= 0.3 is 0 Å². The van der Waals surface area contributed by atoms with Crippen molar-refractivity contribution in [3.8, 4) is 0 Å². The molecule has 0 atom stereocenters. The Morgan fingerprint density at radius 1 is 1.00 bits per heavy atom. The highest BCUT2D eigenvalue weighted by Gasteiger charge is 2.28. The van der Waals surface area contributed by atoms with Gasteiger partial charge in [-0.3, -0.25) is 14.5 Å². The van der Waals surface area contributed by atoms with Gasteiger partial charge in [-0.2, -0.15) is 0 Å². The topological polar surface area (TPSA) is 40.6 Å². The average Bonchev–Trinajstić information content (AvgIpc) is 2.84. The van der Waals surface area contributed by atoms with Gasteiger partial charge in [-0.05, 0) is 29.4 Å². The molecular formula is C18H20N2O2. The number of fused-ring (bicyclic) bond motifs is 1. The van der Waals surface area contributed by atoms with E-state index in [1.165, 1.54) is 21.2 Å². The molecule has 1 heterocycles. The molecule has 2 aromatic carbocycles. The zero-order valence-corrected chi connectivity index (χ0v) is 12.8. The van der Waals surface area contributed by atoms with Crippen molar-refractivity contribution in [3.05, 3.63) is 48.0 Å². The highest BCUT2D eigenvalue weighted by atomic mass is 16.2. The number of imide groups is 1. The monoisotopic (exact) mass is 296 g/mol. The second kappa shape index (κ2) is 6.28. The maximum absolute atomic E-state index is 11.6. The summed E-state index contributed by atoms with van der Waals surface area (Å²) in [4.78, 5) is 26.7. The fourth-order valence-electron chi connectivity index (χ4n) is 2.87. The van der Waals surface area contributed by atoms with Gasteiger partial charge in [0.2, 0.25) is 11.8 Å². The van der Waals surface area contributed by atoms with Gasteiger partial charge < -0.3 is 4.90 Å². The molecule has 2 amide bonds. The van der Waals surface area contributed by atoms with Crippen LogP contribution in [0.25, 0.3) is 10.8 Å². The van der Waals surface area contributed by atoms with E-state index >= 15 is 0 Å². The molecule has 0 spiro atoms. The van der Waals surface area contributed by atoms with Crippen LogP contribution in [-0.4, -0.2) is 41.8 Å². The molecule has 0 unspecified atom stereocenters. The summed E-state index contributed by atoms with van der Waals surface area (Å²) in [5.74, 6) is -0.0757. The van der Waals surface area contributed by atoms with Crippen LogP contribution < -0.4 is 0 Å². The number of benzene rings is 2. The zero-order valence-electron chi connectivity index (χ0n) is 12.8. The first kappa shape index (κ1) is 14.7. The zero-order chi connectivity index (χ0) is 15.5. The van der Waals surface area contributed by atoms with Gasteiger partial charge in [-0.25, -0.2) is 0 Å². The number of hydrogen-bond acceptors (Lipinski definition) is 3. The quantitative estimate of drug-likeness (QED) is 0.796. The highest BCUT2D eigenvalue weighted by Crippen LogP contribution is 2.17. The van der Waals surface area contributed by atoms with E-state index in [1.54, 1.807) is 0 Å². The summed E-state index contributed by atoms with van der Waals surface area (Å²) in [6.07, 6.45) is 0.737. The van der Waals surface area contributed by atoms with E-state index in [4.69, 9.17) is 0 Å². The number of carbonyl (C=O) groups excluding carboxylic acids is 2. The average molecular weight is 296 g/mol. The number of nitrogens with zero attached hydrogens (tertiary/aromatic N) is 2. The minimum Gasteiger partial charge on any atom is -0.300 e. The summed E-state index contributed by atoms with van der Waals surface area (Å²) >= 11 is 0. The SMILES string of the molecule is CN(CCN1C(=O)CCC1=O)Cc1ccc2ccccc2c1. The van der Waals surface area contributed by atoms with E-state index in [-0.39, 0.29) is 11.8 Å². The predicted octanol–water partition coefficient (Wildman–Crippen LogP) is 2.42. The molecule has 114 valence electrons. The van der Waals surface area contributed by atoms with Gasteiger partial charge in [-0.1, -0.05) is 36.4 Å². The minimum atomic E-state index is -0.0379. The van der Waals surface area contributed by atoms with Crippen molar-refractivity contribution in [2.24, 2.45) is 0 Å². The first-order valence-electron chi connectivity index (χ1n) is 7.63. The van der Waals surface area contributed by atoms with E-state index in [9.17, 15) is 9.59 Å². The highest BCUT2D eigenvalue weighted by molar-refractivity contribution is 6.01. The third kappa shape index (κ3) is 3.17. The molecule has 0 aliphatic carbocycles. The van der Waals surface area contributed by atoms with Gasteiger partial charge in [0.25, 0.3) is 0 Å². The molecule has 0 N–H and O–H groups in total. The lowest BCUT2D eigenvalue weighted by Crippen LogP contribution is -2.36. The Bertz CT molecular complexity index is 695. The van der Waals surface area contributed by atoms with Crippen molar-refractivity contribution in [1.82, 2.24) is 9.80 Å². The Labute approximate surface area is 130 Å². The molecule has 1 aliphatic heterocycles. The normalized spacial score (nSPS) is 15.3. The van der Waals surface area contributed by atoms with Crippen LogP contribution in [-0.2, 0) is 16.1 Å². The van der Waals surface area contributed by atoms with Crippen LogP contribution in [0, 0.1) is 0 Å². The van der Waals surface area contributed by atoms with E-state index in [0.29, 0.717) is 25.9 Å². The number of rotatable bonds is 5. The first-order chi connectivity index (χ1) is 10.6. The molecular weight excluding hydrogens is 276 g/mol. The summed E-state index contributed by atoms with van der Waals surface area (Å²) in [6, 6.07) is 14.8. The lowest BCUT2D eigenvalue weighted by molar-refractivity contribution is -0.138. The van der Waals surface area contributed by atoms with Gasteiger partial charge in [0.05, 0.1) is 0 Å². The molecule has 22 heavy (non-hydrogen) atoms. The Balaban J connectivity index is 1.59. The molecule has 1 saturated heterocycles. The molecule has 3 rings (SSSR count). The second-order valence-corrected chi connectivity index (χ2v) is 5.86. The summed E-state index contributed by atoms with van der Waals surface area (Å²) < 4.78 is 0. The van der Waals surface area contributed by atoms with Crippen LogP contribution in [0.1, 0.15) is 18.4 Å². The van der Waals surface area contributed by atoms with Crippen molar-refractivity contribution in [2.45, 2.75) is 19.4 Å². The van der Waals surface area contributed by atoms with Gasteiger partial charge in [0.15, 0.2) is 0 Å². The van der Waals surface area contributed by atoms with E-state index in [1.807, 2.05) is 19.2 Å². The summed E-state index contributed by atoms with van der Waals surface area (Å²) in [6.45, 7) is 1.99. The van der Waals surface area contributed by atoms with E-state index < -0.39 is 0 Å². The number of amides is 2.